The smallest absolute Gasteiger partial charge is 0.217 e. The first-order chi connectivity index (χ1) is 8.62. The van der Waals surface area contributed by atoms with E-state index in [1.54, 1.807) is 4.31 Å². The molecule has 5 heteroatoms. The van der Waals surface area contributed by atoms with Crippen LogP contribution in [0.3, 0.4) is 0 Å². The summed E-state index contributed by atoms with van der Waals surface area (Å²) in [5, 5.41) is -0.0935. The van der Waals surface area contributed by atoms with E-state index < -0.39 is 10.0 Å². The number of nitrogens with zero attached hydrogens (tertiary/aromatic N) is 1. The van der Waals surface area contributed by atoms with Crippen molar-refractivity contribution in [1.29, 1.82) is 0 Å². The highest BCUT2D eigenvalue weighted by Crippen LogP contribution is 2.57. The number of rotatable bonds is 2. The molecule has 0 aromatic rings. The highest BCUT2D eigenvalue weighted by molar-refractivity contribution is 7.89. The highest BCUT2D eigenvalue weighted by atomic mass is 32.2. The molecule has 1 unspecified atom stereocenters. The molecule has 102 valence electrons. The van der Waals surface area contributed by atoms with Crippen LogP contribution in [0.5, 0.6) is 0 Å². The van der Waals surface area contributed by atoms with Gasteiger partial charge in [0, 0.05) is 13.1 Å². The second kappa shape index (κ2) is 3.70. The van der Waals surface area contributed by atoms with Crippen molar-refractivity contribution in [2.45, 2.75) is 49.4 Å². The van der Waals surface area contributed by atoms with E-state index >= 15 is 0 Å². The summed E-state index contributed by atoms with van der Waals surface area (Å²) in [5.74, 6) is 1.38. The molecule has 2 aliphatic carbocycles. The lowest BCUT2D eigenvalue weighted by atomic mass is 9.89. The fraction of sp³-hybridized carbons (Fsp3) is 1.00. The topological polar surface area (TPSA) is 46.6 Å². The monoisotopic (exact) mass is 271 g/mol. The first-order valence-electron chi connectivity index (χ1n) is 7.25. The number of hydrogen-bond acceptors (Lipinski definition) is 3. The van der Waals surface area contributed by atoms with Crippen molar-refractivity contribution in [3.8, 4) is 0 Å². The van der Waals surface area contributed by atoms with E-state index in [1.165, 1.54) is 6.42 Å². The maximum absolute atomic E-state index is 12.5. The number of hydrogen-bond donors (Lipinski definition) is 0. The SMILES string of the molecule is O=S(=O)(C1CCC1)N1CCCC2(C1)OC[C@@H]1C[C@@H]12. The molecule has 0 N–H and O–H groups in total. The number of ether oxygens (including phenoxy) is 1. The molecule has 1 spiro atoms. The fourth-order valence-corrected chi connectivity index (χ4v) is 6.12. The zero-order chi connectivity index (χ0) is 12.4. The molecule has 4 aliphatic rings. The maximum Gasteiger partial charge on any atom is 0.217 e. The predicted molar refractivity (Wildman–Crippen MR) is 67.6 cm³/mol. The van der Waals surface area contributed by atoms with Crippen LogP contribution in [0.15, 0.2) is 0 Å². The van der Waals surface area contributed by atoms with Crippen LogP contribution in [0, 0.1) is 11.8 Å². The molecule has 4 fully saturated rings. The minimum absolute atomic E-state index is 0.0935. The predicted octanol–water partition coefficient (Wildman–Crippen LogP) is 1.37. The quantitative estimate of drug-likeness (QED) is 0.762. The van der Waals surface area contributed by atoms with E-state index in [0.29, 0.717) is 19.0 Å². The largest absolute Gasteiger partial charge is 0.373 e. The third-order valence-electron chi connectivity index (χ3n) is 5.47. The summed E-state index contributed by atoms with van der Waals surface area (Å²) < 4.78 is 32.7. The van der Waals surface area contributed by atoms with Crippen LogP contribution >= 0.6 is 0 Å². The van der Waals surface area contributed by atoms with E-state index in [1.807, 2.05) is 0 Å². The Morgan fingerprint density at radius 3 is 2.61 bits per heavy atom. The average Bonchev–Trinajstić information content (AvgIpc) is 2.98. The van der Waals surface area contributed by atoms with E-state index in [9.17, 15) is 8.42 Å². The molecule has 3 atom stereocenters. The lowest BCUT2D eigenvalue weighted by molar-refractivity contribution is -0.0582. The Hall–Kier alpha value is -0.130. The van der Waals surface area contributed by atoms with Gasteiger partial charge in [0.05, 0.1) is 17.5 Å². The van der Waals surface area contributed by atoms with Crippen LogP contribution in [-0.4, -0.2) is 43.3 Å². The molecule has 0 bridgehead atoms. The molecule has 4 nitrogen and oxygen atoms in total. The molecule has 18 heavy (non-hydrogen) atoms. The van der Waals surface area contributed by atoms with Crippen LogP contribution in [0.4, 0.5) is 0 Å². The van der Waals surface area contributed by atoms with Crippen LogP contribution in [0.25, 0.3) is 0 Å². The van der Waals surface area contributed by atoms with Gasteiger partial charge in [0.1, 0.15) is 0 Å². The molecule has 2 saturated heterocycles. The van der Waals surface area contributed by atoms with E-state index in [-0.39, 0.29) is 10.9 Å². The van der Waals surface area contributed by atoms with Gasteiger partial charge in [-0.2, -0.15) is 4.31 Å². The van der Waals surface area contributed by atoms with Crippen LogP contribution in [-0.2, 0) is 14.8 Å². The lowest BCUT2D eigenvalue weighted by Crippen LogP contribution is -2.54. The third kappa shape index (κ3) is 1.53. The standard InChI is InChI=1S/C13H21NO3S/c15-18(16,11-3-1-4-11)14-6-2-5-13(9-14)12-7-10(12)8-17-13/h10-12H,1-9H2/t10-,12-,13?/m0/s1. The Kier molecular flexibility index (Phi) is 2.40. The van der Waals surface area contributed by atoms with Gasteiger partial charge in [-0.05, 0) is 43.9 Å². The van der Waals surface area contributed by atoms with Gasteiger partial charge in [-0.25, -0.2) is 8.42 Å². The normalized spacial score (nSPS) is 44.9. The Morgan fingerprint density at radius 2 is 2.06 bits per heavy atom. The fourth-order valence-electron chi connectivity index (χ4n) is 3.98. The highest BCUT2D eigenvalue weighted by Gasteiger charge is 2.61. The second-order valence-corrected chi connectivity index (χ2v) is 8.73. The molecular weight excluding hydrogens is 250 g/mol. The van der Waals surface area contributed by atoms with Crippen molar-refractivity contribution in [3.05, 3.63) is 0 Å². The molecule has 2 saturated carbocycles. The first kappa shape index (κ1) is 11.7. The average molecular weight is 271 g/mol. The zero-order valence-electron chi connectivity index (χ0n) is 10.7. The minimum Gasteiger partial charge on any atom is -0.373 e. The first-order valence-corrected chi connectivity index (χ1v) is 8.75. The van der Waals surface area contributed by atoms with Crippen molar-refractivity contribution in [1.82, 2.24) is 4.31 Å². The van der Waals surface area contributed by atoms with Gasteiger partial charge >= 0.3 is 0 Å². The van der Waals surface area contributed by atoms with Crippen molar-refractivity contribution in [2.24, 2.45) is 11.8 Å². The zero-order valence-corrected chi connectivity index (χ0v) is 11.5. The van der Waals surface area contributed by atoms with Crippen molar-refractivity contribution in [3.63, 3.8) is 0 Å². The van der Waals surface area contributed by atoms with Gasteiger partial charge < -0.3 is 4.74 Å². The summed E-state index contributed by atoms with van der Waals surface area (Å²) >= 11 is 0. The van der Waals surface area contributed by atoms with Crippen LogP contribution in [0.2, 0.25) is 0 Å². The summed E-state index contributed by atoms with van der Waals surface area (Å²) in [6.07, 6.45) is 6.08. The Balaban J connectivity index is 1.55. The molecule has 4 rings (SSSR count). The van der Waals surface area contributed by atoms with Gasteiger partial charge in [-0.1, -0.05) is 6.42 Å². The van der Waals surface area contributed by atoms with Gasteiger partial charge in [0.15, 0.2) is 0 Å². The summed E-state index contributed by atoms with van der Waals surface area (Å²) in [4.78, 5) is 0. The molecule has 0 aromatic carbocycles. The summed E-state index contributed by atoms with van der Waals surface area (Å²) in [6, 6.07) is 0. The Morgan fingerprint density at radius 1 is 1.22 bits per heavy atom. The molecule has 2 heterocycles. The molecular formula is C13H21NO3S. The van der Waals surface area contributed by atoms with Crippen molar-refractivity contribution in [2.75, 3.05) is 19.7 Å². The lowest BCUT2D eigenvalue weighted by Gasteiger charge is -2.42. The summed E-state index contributed by atoms with van der Waals surface area (Å²) in [7, 11) is -3.04. The Bertz CT molecular complexity index is 459. The van der Waals surface area contributed by atoms with Crippen molar-refractivity contribution < 1.29 is 13.2 Å². The Labute approximate surface area is 109 Å². The van der Waals surface area contributed by atoms with Gasteiger partial charge in [0.25, 0.3) is 0 Å². The summed E-state index contributed by atoms with van der Waals surface area (Å²) in [5.41, 5.74) is -0.111. The number of piperidine rings is 1. The van der Waals surface area contributed by atoms with Crippen LogP contribution < -0.4 is 0 Å². The molecule has 0 radical (unpaired) electrons. The van der Waals surface area contributed by atoms with Gasteiger partial charge in [0.2, 0.25) is 10.0 Å². The van der Waals surface area contributed by atoms with E-state index in [0.717, 1.165) is 44.6 Å². The molecule has 0 amide bonds. The molecule has 2 aliphatic heterocycles. The van der Waals surface area contributed by atoms with Gasteiger partial charge in [-0.15, -0.1) is 0 Å². The maximum atomic E-state index is 12.5. The van der Waals surface area contributed by atoms with Gasteiger partial charge in [-0.3, -0.25) is 0 Å². The summed E-state index contributed by atoms with van der Waals surface area (Å²) in [6.45, 7) is 2.20. The van der Waals surface area contributed by atoms with E-state index in [4.69, 9.17) is 4.74 Å². The van der Waals surface area contributed by atoms with E-state index in [2.05, 4.69) is 0 Å². The number of fused-ring (bicyclic) bond motifs is 2. The van der Waals surface area contributed by atoms with Crippen LogP contribution in [0.1, 0.15) is 38.5 Å². The molecule has 0 aromatic heterocycles. The minimum atomic E-state index is -3.04. The second-order valence-electron chi connectivity index (χ2n) is 6.51. The van der Waals surface area contributed by atoms with Crippen molar-refractivity contribution >= 4 is 10.0 Å². The third-order valence-corrected chi connectivity index (χ3v) is 7.81. The number of sulfonamides is 1.